The Morgan fingerprint density at radius 2 is 1.91 bits per heavy atom. The molecule has 1 aromatic rings. The van der Waals surface area contributed by atoms with E-state index in [0.717, 1.165) is 0 Å². The van der Waals surface area contributed by atoms with Gasteiger partial charge in [0.25, 0.3) is 0 Å². The number of nitrogens with zero attached hydrogens (tertiary/aromatic N) is 2. The van der Waals surface area contributed by atoms with E-state index in [4.69, 9.17) is 4.74 Å². The molecule has 0 aliphatic carbocycles. The molecule has 2 aliphatic rings. The van der Waals surface area contributed by atoms with Crippen LogP contribution >= 0.6 is 0 Å². The van der Waals surface area contributed by atoms with Crippen molar-refractivity contribution in [3.8, 4) is 0 Å². The standard InChI is InChI=1S/C15H19FN4O3/c16-11-1-3-13(4-2-11)20-10-12(9-14(20)21)17-15(22)18-19-5-7-23-8-6-19/h1-4,12H,5-10H2,(H2,17,18,22)/t12-/m0/s1. The molecule has 8 heteroatoms. The predicted octanol–water partition coefficient (Wildman–Crippen LogP) is 0.477. The lowest BCUT2D eigenvalue weighted by Crippen LogP contribution is -2.53. The molecule has 7 nitrogen and oxygen atoms in total. The van der Waals surface area contributed by atoms with Gasteiger partial charge in [0.2, 0.25) is 5.91 Å². The fourth-order valence-electron chi connectivity index (χ4n) is 2.71. The molecule has 2 saturated heterocycles. The number of ether oxygens (including phenoxy) is 1. The van der Waals surface area contributed by atoms with Gasteiger partial charge >= 0.3 is 6.03 Å². The molecule has 0 saturated carbocycles. The van der Waals surface area contributed by atoms with Crippen LogP contribution in [0.3, 0.4) is 0 Å². The molecule has 1 atom stereocenters. The molecule has 23 heavy (non-hydrogen) atoms. The first-order valence-corrected chi connectivity index (χ1v) is 7.57. The van der Waals surface area contributed by atoms with Gasteiger partial charge in [-0.15, -0.1) is 0 Å². The highest BCUT2D eigenvalue weighted by atomic mass is 19.1. The van der Waals surface area contributed by atoms with Crippen molar-refractivity contribution >= 4 is 17.6 Å². The first kappa shape index (κ1) is 15.7. The summed E-state index contributed by atoms with van der Waals surface area (Å²) in [5, 5.41) is 4.58. The summed E-state index contributed by atoms with van der Waals surface area (Å²) in [6.07, 6.45) is 0.230. The van der Waals surface area contributed by atoms with Gasteiger partial charge in [-0.1, -0.05) is 0 Å². The Balaban J connectivity index is 1.52. The summed E-state index contributed by atoms with van der Waals surface area (Å²) in [6, 6.07) is 5.15. The average molecular weight is 322 g/mol. The first-order chi connectivity index (χ1) is 11.1. The Bertz CT molecular complexity index is 575. The molecule has 0 bridgehead atoms. The maximum absolute atomic E-state index is 13.0. The summed E-state index contributed by atoms with van der Waals surface area (Å²) in [5.41, 5.74) is 3.38. The molecule has 124 valence electrons. The Hall–Kier alpha value is -2.19. The Labute approximate surface area is 133 Å². The monoisotopic (exact) mass is 322 g/mol. The van der Waals surface area contributed by atoms with Crippen LogP contribution in [-0.2, 0) is 9.53 Å². The van der Waals surface area contributed by atoms with E-state index in [1.165, 1.54) is 12.1 Å². The molecule has 2 aliphatic heterocycles. The van der Waals surface area contributed by atoms with Crippen LogP contribution in [0.25, 0.3) is 0 Å². The number of halogens is 1. The molecule has 1 aromatic carbocycles. The number of urea groups is 1. The highest BCUT2D eigenvalue weighted by molar-refractivity contribution is 5.96. The van der Waals surface area contributed by atoms with Crippen molar-refractivity contribution in [3.63, 3.8) is 0 Å². The second-order valence-electron chi connectivity index (χ2n) is 5.57. The lowest BCUT2D eigenvalue weighted by molar-refractivity contribution is -0.117. The van der Waals surface area contributed by atoms with Crippen molar-refractivity contribution in [3.05, 3.63) is 30.1 Å². The van der Waals surface area contributed by atoms with Gasteiger partial charge in [0.15, 0.2) is 0 Å². The first-order valence-electron chi connectivity index (χ1n) is 7.57. The molecule has 2 N–H and O–H groups in total. The zero-order valence-electron chi connectivity index (χ0n) is 12.6. The van der Waals surface area contributed by atoms with E-state index in [9.17, 15) is 14.0 Å². The lowest BCUT2D eigenvalue weighted by Gasteiger charge is -2.27. The second-order valence-corrected chi connectivity index (χ2v) is 5.57. The summed E-state index contributed by atoms with van der Waals surface area (Å²) in [5.74, 6) is -0.437. The second kappa shape index (κ2) is 6.93. The normalized spacial score (nSPS) is 22.2. The number of hydrogen-bond acceptors (Lipinski definition) is 4. The summed E-state index contributed by atoms with van der Waals surface area (Å²) in [7, 11) is 0. The van der Waals surface area contributed by atoms with Gasteiger partial charge in [0, 0.05) is 31.7 Å². The summed E-state index contributed by atoms with van der Waals surface area (Å²) in [4.78, 5) is 25.6. The molecule has 0 unspecified atom stereocenters. The molecule has 0 aromatic heterocycles. The van der Waals surface area contributed by atoms with Crippen molar-refractivity contribution in [2.24, 2.45) is 0 Å². The number of benzene rings is 1. The van der Waals surface area contributed by atoms with E-state index < -0.39 is 0 Å². The average Bonchev–Trinajstić information content (AvgIpc) is 2.89. The van der Waals surface area contributed by atoms with Crippen molar-refractivity contribution in [2.75, 3.05) is 37.7 Å². The van der Waals surface area contributed by atoms with Crippen LogP contribution in [0.2, 0.25) is 0 Å². The maximum atomic E-state index is 13.0. The molecular weight excluding hydrogens is 303 g/mol. The van der Waals surface area contributed by atoms with Crippen molar-refractivity contribution in [2.45, 2.75) is 12.5 Å². The zero-order chi connectivity index (χ0) is 16.2. The number of amides is 3. The number of morpholine rings is 1. The van der Waals surface area contributed by atoms with Gasteiger partial charge in [0.05, 0.1) is 19.3 Å². The minimum absolute atomic E-state index is 0.0896. The van der Waals surface area contributed by atoms with Crippen LogP contribution in [-0.4, -0.2) is 55.8 Å². The molecule has 0 spiro atoms. The molecular formula is C15H19FN4O3. The molecule has 0 radical (unpaired) electrons. The van der Waals surface area contributed by atoms with Crippen molar-refractivity contribution in [1.82, 2.24) is 15.8 Å². The third-order valence-corrected chi connectivity index (χ3v) is 3.87. The van der Waals surface area contributed by atoms with E-state index in [0.29, 0.717) is 38.5 Å². The number of nitrogens with one attached hydrogen (secondary N) is 2. The van der Waals surface area contributed by atoms with E-state index >= 15 is 0 Å². The number of anilines is 1. The van der Waals surface area contributed by atoms with Gasteiger partial charge in [0.1, 0.15) is 5.82 Å². The fourth-order valence-corrected chi connectivity index (χ4v) is 2.71. The summed E-state index contributed by atoms with van der Waals surface area (Å²) >= 11 is 0. The third-order valence-electron chi connectivity index (χ3n) is 3.87. The topological polar surface area (TPSA) is 73.9 Å². The number of hydrazine groups is 1. The van der Waals surface area contributed by atoms with E-state index in [1.807, 2.05) is 0 Å². The Morgan fingerprint density at radius 1 is 1.22 bits per heavy atom. The smallest absolute Gasteiger partial charge is 0.329 e. The van der Waals surface area contributed by atoms with Gasteiger partial charge in [-0.3, -0.25) is 10.2 Å². The maximum Gasteiger partial charge on any atom is 0.329 e. The quantitative estimate of drug-likeness (QED) is 0.849. The van der Waals surface area contributed by atoms with Crippen LogP contribution in [0.15, 0.2) is 24.3 Å². The van der Waals surface area contributed by atoms with Crippen molar-refractivity contribution < 1.29 is 18.7 Å². The van der Waals surface area contributed by atoms with Crippen molar-refractivity contribution in [1.29, 1.82) is 0 Å². The molecule has 2 heterocycles. The minimum Gasteiger partial charge on any atom is -0.379 e. The highest BCUT2D eigenvalue weighted by Crippen LogP contribution is 2.21. The molecule has 2 fully saturated rings. The Morgan fingerprint density at radius 3 is 2.61 bits per heavy atom. The van der Waals surface area contributed by atoms with Crippen LogP contribution in [0, 0.1) is 5.82 Å². The minimum atomic E-state index is -0.347. The molecule has 3 rings (SSSR count). The van der Waals surface area contributed by atoms with Gasteiger partial charge in [-0.2, -0.15) is 0 Å². The van der Waals surface area contributed by atoms with Crippen LogP contribution in [0.4, 0.5) is 14.9 Å². The zero-order valence-corrected chi connectivity index (χ0v) is 12.6. The van der Waals surface area contributed by atoms with Gasteiger partial charge in [-0.05, 0) is 24.3 Å². The van der Waals surface area contributed by atoms with E-state index in [2.05, 4.69) is 10.7 Å². The predicted molar refractivity (Wildman–Crippen MR) is 81.2 cm³/mol. The van der Waals surface area contributed by atoms with Crippen LogP contribution in [0.5, 0.6) is 0 Å². The van der Waals surface area contributed by atoms with Crippen LogP contribution in [0.1, 0.15) is 6.42 Å². The SMILES string of the molecule is O=C(N[C@H]1CC(=O)N(c2ccc(F)cc2)C1)NN1CCOCC1. The number of hydrogen-bond donors (Lipinski definition) is 2. The molecule has 3 amide bonds. The third kappa shape index (κ3) is 3.96. The summed E-state index contributed by atoms with van der Waals surface area (Å²) in [6.45, 7) is 2.82. The fraction of sp³-hybridized carbons (Fsp3) is 0.467. The number of carbonyl (C=O) groups is 2. The largest absolute Gasteiger partial charge is 0.379 e. The van der Waals surface area contributed by atoms with E-state index in [-0.39, 0.29) is 30.2 Å². The number of carbonyl (C=O) groups excluding carboxylic acids is 2. The highest BCUT2D eigenvalue weighted by Gasteiger charge is 2.31. The summed E-state index contributed by atoms with van der Waals surface area (Å²) < 4.78 is 18.2. The Kier molecular flexibility index (Phi) is 4.73. The number of rotatable bonds is 3. The van der Waals surface area contributed by atoms with Gasteiger partial charge < -0.3 is 15.0 Å². The van der Waals surface area contributed by atoms with Gasteiger partial charge in [-0.25, -0.2) is 14.2 Å². The van der Waals surface area contributed by atoms with Crippen LogP contribution < -0.4 is 15.6 Å². The van der Waals surface area contributed by atoms with E-state index in [1.54, 1.807) is 22.0 Å². The lowest BCUT2D eigenvalue weighted by atomic mass is 10.2.